The maximum Gasteiger partial charge on any atom is 0.254 e. The zero-order valence-corrected chi connectivity index (χ0v) is 15.1. The van der Waals surface area contributed by atoms with Gasteiger partial charge in [0, 0.05) is 30.8 Å². The van der Waals surface area contributed by atoms with Crippen LogP contribution in [-0.2, 0) is 0 Å². The minimum Gasteiger partial charge on any atom is -0.338 e. The minimum absolute atomic E-state index is 0.0121. The maximum absolute atomic E-state index is 13.2. The molecule has 2 aromatic rings. The molecule has 2 fully saturated rings. The zero-order chi connectivity index (χ0) is 18.1. The van der Waals surface area contributed by atoms with Gasteiger partial charge in [0.1, 0.15) is 0 Å². The van der Waals surface area contributed by atoms with E-state index >= 15 is 0 Å². The van der Waals surface area contributed by atoms with Crippen LogP contribution in [0.4, 0.5) is 0 Å². The van der Waals surface area contributed by atoms with Crippen molar-refractivity contribution in [3.63, 3.8) is 0 Å². The Kier molecular flexibility index (Phi) is 4.60. The first-order valence-electron chi connectivity index (χ1n) is 9.30. The third kappa shape index (κ3) is 3.17. The molecule has 0 N–H and O–H groups in total. The monoisotopic (exact) mass is 348 g/mol. The van der Waals surface area contributed by atoms with Crippen molar-refractivity contribution in [1.82, 2.24) is 9.80 Å². The van der Waals surface area contributed by atoms with E-state index in [0.29, 0.717) is 28.5 Å². The van der Waals surface area contributed by atoms with Gasteiger partial charge in [-0.15, -0.1) is 0 Å². The lowest BCUT2D eigenvalue weighted by Gasteiger charge is -2.31. The van der Waals surface area contributed by atoms with Crippen LogP contribution in [0.2, 0.25) is 0 Å². The lowest BCUT2D eigenvalue weighted by Crippen LogP contribution is -2.37. The molecule has 2 aliphatic rings. The van der Waals surface area contributed by atoms with Crippen LogP contribution in [0, 0.1) is 11.8 Å². The smallest absolute Gasteiger partial charge is 0.254 e. The lowest BCUT2D eigenvalue weighted by atomic mass is 9.89. The van der Waals surface area contributed by atoms with Gasteiger partial charge in [0.2, 0.25) is 0 Å². The van der Waals surface area contributed by atoms with Crippen molar-refractivity contribution in [2.24, 2.45) is 11.8 Å². The van der Waals surface area contributed by atoms with Gasteiger partial charge < -0.3 is 9.80 Å². The number of hydrogen-bond acceptors (Lipinski definition) is 3. The second kappa shape index (κ2) is 7.04. The summed E-state index contributed by atoms with van der Waals surface area (Å²) in [4.78, 5) is 30.4. The van der Waals surface area contributed by atoms with Gasteiger partial charge in [0.15, 0.2) is 5.78 Å². The molecule has 4 heteroatoms. The van der Waals surface area contributed by atoms with Crippen LogP contribution in [0.1, 0.15) is 32.7 Å². The highest BCUT2D eigenvalue weighted by molar-refractivity contribution is 6.15. The van der Waals surface area contributed by atoms with E-state index in [-0.39, 0.29) is 11.7 Å². The molecule has 26 heavy (non-hydrogen) atoms. The first-order chi connectivity index (χ1) is 12.6. The maximum atomic E-state index is 13.2. The van der Waals surface area contributed by atoms with E-state index in [0.717, 1.165) is 32.6 Å². The molecular weight excluding hydrogens is 324 g/mol. The number of benzene rings is 2. The summed E-state index contributed by atoms with van der Waals surface area (Å²) < 4.78 is 0. The summed E-state index contributed by atoms with van der Waals surface area (Å²) in [7, 11) is 2.15. The molecule has 4 rings (SSSR count). The van der Waals surface area contributed by atoms with Crippen molar-refractivity contribution in [1.29, 1.82) is 0 Å². The molecule has 4 nitrogen and oxygen atoms in total. The summed E-state index contributed by atoms with van der Waals surface area (Å²) in [6, 6.07) is 16.4. The average Bonchev–Trinajstić information content (AvgIpc) is 3.10. The highest BCUT2D eigenvalue weighted by atomic mass is 16.2. The van der Waals surface area contributed by atoms with Crippen molar-refractivity contribution < 1.29 is 9.59 Å². The number of fused-ring (bicyclic) bond motifs is 1. The molecular formula is C22H24N2O2. The molecule has 0 bridgehead atoms. The summed E-state index contributed by atoms with van der Waals surface area (Å²) in [5.41, 5.74) is 1.63. The number of carbonyl (C=O) groups excluding carboxylic acids is 2. The molecule has 0 saturated carbocycles. The Balaban J connectivity index is 1.59. The molecule has 1 amide bonds. The van der Waals surface area contributed by atoms with Crippen molar-refractivity contribution in [3.8, 4) is 0 Å². The largest absolute Gasteiger partial charge is 0.338 e. The molecule has 2 heterocycles. The van der Waals surface area contributed by atoms with Crippen LogP contribution in [0.3, 0.4) is 0 Å². The average molecular weight is 348 g/mol. The molecule has 0 radical (unpaired) electrons. The van der Waals surface area contributed by atoms with Crippen LogP contribution >= 0.6 is 0 Å². The third-order valence-corrected chi connectivity index (χ3v) is 5.73. The summed E-state index contributed by atoms with van der Waals surface area (Å²) in [5.74, 6) is 1.04. The first kappa shape index (κ1) is 17.0. The first-order valence-corrected chi connectivity index (χ1v) is 9.30. The van der Waals surface area contributed by atoms with Gasteiger partial charge in [-0.05, 0) is 37.9 Å². The van der Waals surface area contributed by atoms with Crippen LogP contribution in [0.5, 0.6) is 0 Å². The number of rotatable bonds is 3. The summed E-state index contributed by atoms with van der Waals surface area (Å²) in [5, 5.41) is 0. The van der Waals surface area contributed by atoms with Crippen LogP contribution in [0.25, 0.3) is 0 Å². The quantitative estimate of drug-likeness (QED) is 0.801. The fourth-order valence-corrected chi connectivity index (χ4v) is 4.30. The van der Waals surface area contributed by atoms with E-state index in [2.05, 4.69) is 11.9 Å². The molecule has 2 atom stereocenters. The van der Waals surface area contributed by atoms with Crippen molar-refractivity contribution in [2.75, 3.05) is 33.2 Å². The van der Waals surface area contributed by atoms with E-state index in [1.165, 1.54) is 0 Å². The Morgan fingerprint density at radius 2 is 1.50 bits per heavy atom. The number of amides is 1. The second-order valence-electron chi connectivity index (χ2n) is 7.52. The standard InChI is InChI=1S/C22H24N2O2/c1-23-12-11-17-14-24(15-18(17)13-23)22(26)20-10-6-5-9-19(20)21(25)16-7-3-2-4-8-16/h2-10,17-18H,11-15H2,1H3/t17-,18+/m0/s1. The number of ketones is 1. The zero-order valence-electron chi connectivity index (χ0n) is 15.1. The summed E-state index contributed by atoms with van der Waals surface area (Å²) >= 11 is 0. The topological polar surface area (TPSA) is 40.6 Å². The minimum atomic E-state index is -0.0918. The van der Waals surface area contributed by atoms with Gasteiger partial charge in [-0.25, -0.2) is 0 Å². The number of carbonyl (C=O) groups is 2. The molecule has 2 saturated heterocycles. The Labute approximate surface area is 154 Å². The van der Waals surface area contributed by atoms with Gasteiger partial charge in [0.05, 0.1) is 5.56 Å². The Bertz CT molecular complexity index is 818. The summed E-state index contributed by atoms with van der Waals surface area (Å²) in [6.07, 6.45) is 1.15. The summed E-state index contributed by atoms with van der Waals surface area (Å²) in [6.45, 7) is 3.76. The van der Waals surface area contributed by atoms with Crippen molar-refractivity contribution >= 4 is 11.7 Å². The molecule has 2 aliphatic heterocycles. The highest BCUT2D eigenvalue weighted by Crippen LogP contribution is 2.32. The van der Waals surface area contributed by atoms with Crippen molar-refractivity contribution in [3.05, 3.63) is 71.3 Å². The van der Waals surface area contributed by atoms with Gasteiger partial charge in [-0.1, -0.05) is 48.5 Å². The fourth-order valence-electron chi connectivity index (χ4n) is 4.30. The van der Waals surface area contributed by atoms with Crippen LogP contribution in [-0.4, -0.2) is 54.7 Å². The molecule has 2 aromatic carbocycles. The fraction of sp³-hybridized carbons (Fsp3) is 0.364. The molecule has 134 valence electrons. The number of hydrogen-bond donors (Lipinski definition) is 0. The second-order valence-corrected chi connectivity index (χ2v) is 7.52. The van der Waals surface area contributed by atoms with Crippen LogP contribution < -0.4 is 0 Å². The van der Waals surface area contributed by atoms with Gasteiger partial charge >= 0.3 is 0 Å². The molecule has 0 unspecified atom stereocenters. The van der Waals surface area contributed by atoms with E-state index in [1.807, 2.05) is 35.2 Å². The van der Waals surface area contributed by atoms with Crippen molar-refractivity contribution in [2.45, 2.75) is 6.42 Å². The van der Waals surface area contributed by atoms with Crippen LogP contribution in [0.15, 0.2) is 54.6 Å². The van der Waals surface area contributed by atoms with Gasteiger partial charge in [-0.3, -0.25) is 9.59 Å². The number of nitrogens with zero attached hydrogens (tertiary/aromatic N) is 2. The molecule has 0 spiro atoms. The molecule has 0 aromatic heterocycles. The van der Waals surface area contributed by atoms with Gasteiger partial charge in [0.25, 0.3) is 5.91 Å². The molecule has 0 aliphatic carbocycles. The Hall–Kier alpha value is -2.46. The SMILES string of the molecule is CN1CC[C@H]2CN(C(=O)c3ccccc3C(=O)c3ccccc3)C[C@H]2C1. The van der Waals surface area contributed by atoms with E-state index in [1.54, 1.807) is 24.3 Å². The third-order valence-electron chi connectivity index (χ3n) is 5.73. The predicted octanol–water partition coefficient (Wildman–Crippen LogP) is 2.94. The highest BCUT2D eigenvalue weighted by Gasteiger charge is 2.38. The van der Waals surface area contributed by atoms with Gasteiger partial charge in [-0.2, -0.15) is 0 Å². The normalized spacial score (nSPS) is 22.9. The predicted molar refractivity (Wildman–Crippen MR) is 101 cm³/mol. The Morgan fingerprint density at radius 3 is 2.27 bits per heavy atom. The van der Waals surface area contributed by atoms with E-state index in [4.69, 9.17) is 0 Å². The number of piperidine rings is 1. The Morgan fingerprint density at radius 1 is 0.846 bits per heavy atom. The van der Waals surface area contributed by atoms with E-state index < -0.39 is 0 Å². The van der Waals surface area contributed by atoms with E-state index in [9.17, 15) is 9.59 Å². The lowest BCUT2D eigenvalue weighted by molar-refractivity contribution is 0.0779. The number of likely N-dealkylation sites (tertiary alicyclic amines) is 2.